The van der Waals surface area contributed by atoms with Crippen molar-refractivity contribution < 1.29 is 14.5 Å². The number of benzene rings is 2. The summed E-state index contributed by atoms with van der Waals surface area (Å²) in [4.78, 5) is 30.9. The van der Waals surface area contributed by atoms with Crippen LogP contribution in [0, 0.1) is 10.1 Å². The van der Waals surface area contributed by atoms with Crippen LogP contribution in [0.5, 0.6) is 5.75 Å². The Labute approximate surface area is 172 Å². The van der Waals surface area contributed by atoms with E-state index in [4.69, 9.17) is 4.74 Å². The molecule has 30 heavy (non-hydrogen) atoms. The highest BCUT2D eigenvalue weighted by Crippen LogP contribution is 2.31. The van der Waals surface area contributed by atoms with Gasteiger partial charge in [-0.3, -0.25) is 25.8 Å². The number of ether oxygens (including phenoxy) is 1. The van der Waals surface area contributed by atoms with Gasteiger partial charge in [0.05, 0.1) is 4.92 Å². The molecule has 0 fully saturated rings. The second kappa shape index (κ2) is 9.82. The molecule has 2 aromatic carbocycles. The van der Waals surface area contributed by atoms with Gasteiger partial charge in [-0.1, -0.05) is 43.3 Å². The third-order valence-electron chi connectivity index (χ3n) is 4.09. The van der Waals surface area contributed by atoms with Crippen LogP contribution in [-0.4, -0.2) is 27.4 Å². The molecule has 0 saturated carbocycles. The smallest absolute Gasteiger partial charge is 0.355 e. The Hall–Kier alpha value is -4.21. The van der Waals surface area contributed by atoms with Crippen molar-refractivity contribution >= 4 is 28.9 Å². The molecular formula is C20H20N6O4. The molecule has 0 aliphatic carbocycles. The molecule has 0 radical (unpaired) electrons. The van der Waals surface area contributed by atoms with Gasteiger partial charge in [0, 0.05) is 5.69 Å². The molecule has 0 aliphatic rings. The SMILES string of the molecule is CCc1ccccc1Nc1ncnc(NNC(=O)COc2ccccc2)c1[N+](=O)[O-]. The number of carbonyl (C=O) groups excluding carboxylic acids is 1. The number of aromatic nitrogens is 2. The summed E-state index contributed by atoms with van der Waals surface area (Å²) in [6, 6.07) is 16.2. The summed E-state index contributed by atoms with van der Waals surface area (Å²) in [5.74, 6) is -0.146. The molecule has 10 nitrogen and oxygen atoms in total. The molecule has 3 rings (SSSR count). The molecule has 0 atom stereocenters. The van der Waals surface area contributed by atoms with Crippen molar-refractivity contribution in [2.24, 2.45) is 0 Å². The number of nitro groups is 1. The van der Waals surface area contributed by atoms with Gasteiger partial charge in [-0.15, -0.1) is 0 Å². The lowest BCUT2D eigenvalue weighted by atomic mass is 10.1. The number of aryl methyl sites for hydroxylation is 1. The Morgan fingerprint density at radius 3 is 2.50 bits per heavy atom. The zero-order chi connectivity index (χ0) is 21.3. The Bertz CT molecular complexity index is 1030. The number of hydrogen-bond acceptors (Lipinski definition) is 8. The number of carbonyl (C=O) groups is 1. The largest absolute Gasteiger partial charge is 0.484 e. The van der Waals surface area contributed by atoms with E-state index in [1.54, 1.807) is 30.3 Å². The predicted octanol–water partition coefficient (Wildman–Crippen LogP) is 3.21. The van der Waals surface area contributed by atoms with E-state index in [0.717, 1.165) is 12.0 Å². The number of hydrogen-bond donors (Lipinski definition) is 3. The van der Waals surface area contributed by atoms with Gasteiger partial charge in [0.15, 0.2) is 6.61 Å². The third-order valence-corrected chi connectivity index (χ3v) is 4.09. The fourth-order valence-electron chi connectivity index (χ4n) is 2.64. The van der Waals surface area contributed by atoms with Crippen LogP contribution in [0.15, 0.2) is 60.9 Å². The molecule has 10 heteroatoms. The van der Waals surface area contributed by atoms with Gasteiger partial charge >= 0.3 is 5.69 Å². The summed E-state index contributed by atoms with van der Waals surface area (Å²) in [6.45, 7) is 1.71. The van der Waals surface area contributed by atoms with Crippen molar-refractivity contribution in [2.45, 2.75) is 13.3 Å². The van der Waals surface area contributed by atoms with Crippen LogP contribution in [0.3, 0.4) is 0 Å². The highest BCUT2D eigenvalue weighted by atomic mass is 16.6. The van der Waals surface area contributed by atoms with E-state index in [1.165, 1.54) is 6.33 Å². The second-order valence-corrected chi connectivity index (χ2v) is 6.09. The van der Waals surface area contributed by atoms with Crippen molar-refractivity contribution in [3.63, 3.8) is 0 Å². The van der Waals surface area contributed by atoms with Crippen molar-refractivity contribution in [2.75, 3.05) is 17.3 Å². The summed E-state index contributed by atoms with van der Waals surface area (Å²) in [5.41, 5.74) is 6.10. The molecular weight excluding hydrogens is 388 g/mol. The molecule has 0 aliphatic heterocycles. The molecule has 0 unspecified atom stereocenters. The first-order valence-corrected chi connectivity index (χ1v) is 9.15. The van der Waals surface area contributed by atoms with Gasteiger partial charge in [-0.25, -0.2) is 9.97 Å². The number of nitrogens with one attached hydrogen (secondary N) is 3. The van der Waals surface area contributed by atoms with Crippen molar-refractivity contribution in [1.82, 2.24) is 15.4 Å². The van der Waals surface area contributed by atoms with Crippen molar-refractivity contribution in [1.29, 1.82) is 0 Å². The molecule has 0 spiro atoms. The Morgan fingerprint density at radius 2 is 1.77 bits per heavy atom. The van der Waals surface area contributed by atoms with Crippen LogP contribution < -0.4 is 20.9 Å². The molecule has 1 amide bonds. The first-order chi connectivity index (χ1) is 14.6. The van der Waals surface area contributed by atoms with E-state index in [1.807, 2.05) is 31.2 Å². The maximum absolute atomic E-state index is 12.0. The zero-order valence-corrected chi connectivity index (χ0v) is 16.2. The first-order valence-electron chi connectivity index (χ1n) is 9.15. The fraction of sp³-hybridized carbons (Fsp3) is 0.150. The number of rotatable bonds is 9. The summed E-state index contributed by atoms with van der Waals surface area (Å²) in [5, 5.41) is 14.6. The van der Waals surface area contributed by atoms with E-state index in [9.17, 15) is 14.9 Å². The Balaban J connectivity index is 1.71. The Morgan fingerprint density at radius 1 is 1.07 bits per heavy atom. The van der Waals surface area contributed by atoms with Gasteiger partial charge in [-0.2, -0.15) is 0 Å². The molecule has 0 saturated heterocycles. The molecule has 1 aromatic heterocycles. The number of nitrogens with zero attached hydrogens (tertiary/aromatic N) is 3. The minimum Gasteiger partial charge on any atom is -0.484 e. The monoisotopic (exact) mass is 408 g/mol. The van der Waals surface area contributed by atoms with Gasteiger partial charge < -0.3 is 10.1 Å². The van der Waals surface area contributed by atoms with Crippen LogP contribution >= 0.6 is 0 Å². The molecule has 0 bridgehead atoms. The average Bonchev–Trinajstić information content (AvgIpc) is 2.77. The summed E-state index contributed by atoms with van der Waals surface area (Å²) >= 11 is 0. The van der Waals surface area contributed by atoms with Gasteiger partial charge in [0.1, 0.15) is 12.1 Å². The summed E-state index contributed by atoms with van der Waals surface area (Å²) < 4.78 is 5.33. The maximum Gasteiger partial charge on any atom is 0.355 e. The zero-order valence-electron chi connectivity index (χ0n) is 16.2. The summed E-state index contributed by atoms with van der Waals surface area (Å²) in [6.07, 6.45) is 1.91. The summed E-state index contributed by atoms with van der Waals surface area (Å²) in [7, 11) is 0. The van der Waals surface area contributed by atoms with E-state index in [-0.39, 0.29) is 18.2 Å². The van der Waals surface area contributed by atoms with Crippen LogP contribution in [-0.2, 0) is 11.2 Å². The van der Waals surface area contributed by atoms with Crippen LogP contribution in [0.4, 0.5) is 23.0 Å². The minimum absolute atomic E-state index is 0.00758. The van der Waals surface area contributed by atoms with Crippen molar-refractivity contribution in [3.05, 3.63) is 76.6 Å². The van der Waals surface area contributed by atoms with Crippen molar-refractivity contribution in [3.8, 4) is 5.75 Å². The van der Waals surface area contributed by atoms with E-state index in [0.29, 0.717) is 11.4 Å². The predicted molar refractivity (Wildman–Crippen MR) is 111 cm³/mol. The number of amides is 1. The number of para-hydroxylation sites is 2. The molecule has 3 aromatic rings. The van der Waals surface area contributed by atoms with Crippen LogP contribution in [0.2, 0.25) is 0 Å². The van der Waals surface area contributed by atoms with E-state index in [2.05, 4.69) is 26.1 Å². The molecule has 1 heterocycles. The van der Waals surface area contributed by atoms with Crippen LogP contribution in [0.1, 0.15) is 12.5 Å². The number of anilines is 3. The number of hydrazine groups is 1. The third kappa shape index (κ3) is 5.19. The lowest BCUT2D eigenvalue weighted by Crippen LogP contribution is -2.34. The fourth-order valence-corrected chi connectivity index (χ4v) is 2.64. The van der Waals surface area contributed by atoms with Gasteiger partial charge in [0.25, 0.3) is 5.91 Å². The second-order valence-electron chi connectivity index (χ2n) is 6.09. The first kappa shape index (κ1) is 20.5. The normalized spacial score (nSPS) is 10.2. The maximum atomic E-state index is 12.0. The lowest BCUT2D eigenvalue weighted by molar-refractivity contribution is -0.383. The standard InChI is InChI=1S/C20H20N6O4/c1-2-14-8-6-7-11-16(14)23-19-18(26(28)29)20(22-13-21-19)25-24-17(27)12-30-15-9-4-3-5-10-15/h3-11,13H,2,12H2,1H3,(H,24,27)(H2,21,22,23,25). The van der Waals surface area contributed by atoms with Gasteiger partial charge in [-0.05, 0) is 30.2 Å². The minimum atomic E-state index is -0.619. The van der Waals surface area contributed by atoms with Gasteiger partial charge in [0.2, 0.25) is 11.6 Å². The average molecular weight is 408 g/mol. The molecule has 154 valence electrons. The highest BCUT2D eigenvalue weighted by molar-refractivity contribution is 5.81. The lowest BCUT2D eigenvalue weighted by Gasteiger charge is -2.13. The topological polar surface area (TPSA) is 131 Å². The Kier molecular flexibility index (Phi) is 6.72. The quantitative estimate of drug-likeness (QED) is 0.363. The highest BCUT2D eigenvalue weighted by Gasteiger charge is 2.24. The van der Waals surface area contributed by atoms with Crippen LogP contribution in [0.25, 0.3) is 0 Å². The van der Waals surface area contributed by atoms with E-state index >= 15 is 0 Å². The van der Waals surface area contributed by atoms with E-state index < -0.39 is 16.5 Å². The molecule has 3 N–H and O–H groups in total.